The number of aryl methyl sites for hydroxylation is 1. The van der Waals surface area contributed by atoms with Gasteiger partial charge in [-0.15, -0.1) is 0 Å². The zero-order chi connectivity index (χ0) is 13.6. The SMILES string of the molecule is Cc1ncc(CN2CC3C[C@@H](O)CN3C[C@@H]2C)n1C. The van der Waals surface area contributed by atoms with Gasteiger partial charge in [0.15, 0.2) is 0 Å². The summed E-state index contributed by atoms with van der Waals surface area (Å²) in [6.07, 6.45) is 2.78. The maximum atomic E-state index is 9.80. The maximum absolute atomic E-state index is 9.80. The number of aliphatic hydroxyl groups is 1. The summed E-state index contributed by atoms with van der Waals surface area (Å²) in [4.78, 5) is 9.34. The molecule has 0 radical (unpaired) electrons. The number of aromatic nitrogens is 2. The van der Waals surface area contributed by atoms with E-state index in [4.69, 9.17) is 0 Å². The van der Waals surface area contributed by atoms with Crippen LogP contribution in [0.2, 0.25) is 0 Å². The molecule has 1 aromatic heterocycles. The Hall–Kier alpha value is -0.910. The molecule has 106 valence electrons. The van der Waals surface area contributed by atoms with E-state index < -0.39 is 0 Å². The number of fused-ring (bicyclic) bond motifs is 1. The highest BCUT2D eigenvalue weighted by atomic mass is 16.3. The minimum Gasteiger partial charge on any atom is -0.392 e. The van der Waals surface area contributed by atoms with Gasteiger partial charge in [0.05, 0.1) is 11.8 Å². The summed E-state index contributed by atoms with van der Waals surface area (Å²) in [7, 11) is 2.08. The van der Waals surface area contributed by atoms with Crippen molar-refractivity contribution in [3.8, 4) is 0 Å². The van der Waals surface area contributed by atoms with Crippen LogP contribution in [0.1, 0.15) is 24.9 Å². The lowest BCUT2D eigenvalue weighted by Gasteiger charge is -2.42. The number of piperazine rings is 1. The van der Waals surface area contributed by atoms with Crippen molar-refractivity contribution in [1.29, 1.82) is 0 Å². The van der Waals surface area contributed by atoms with E-state index in [2.05, 4.69) is 33.3 Å². The molecule has 0 bridgehead atoms. The Bertz CT molecular complexity index is 458. The van der Waals surface area contributed by atoms with E-state index in [0.717, 1.165) is 38.4 Å². The predicted octanol–water partition coefficient (Wildman–Crippen LogP) is 0.368. The average Bonchev–Trinajstić information content (AvgIpc) is 2.85. The lowest BCUT2D eigenvalue weighted by Crippen LogP contribution is -2.54. The highest BCUT2D eigenvalue weighted by Crippen LogP contribution is 2.26. The molecule has 3 rings (SSSR count). The van der Waals surface area contributed by atoms with E-state index in [-0.39, 0.29) is 6.10 Å². The predicted molar refractivity (Wildman–Crippen MR) is 73.8 cm³/mol. The summed E-state index contributed by atoms with van der Waals surface area (Å²) in [5.74, 6) is 1.07. The molecule has 3 atom stereocenters. The van der Waals surface area contributed by atoms with E-state index in [1.807, 2.05) is 13.1 Å². The third kappa shape index (κ3) is 2.42. The van der Waals surface area contributed by atoms with Crippen LogP contribution < -0.4 is 0 Å². The second-order valence-corrected chi connectivity index (χ2v) is 6.13. The lowest BCUT2D eigenvalue weighted by molar-refractivity contribution is 0.0514. The summed E-state index contributed by atoms with van der Waals surface area (Å²) in [6, 6.07) is 1.07. The molecule has 19 heavy (non-hydrogen) atoms. The molecule has 0 amide bonds. The number of rotatable bonds is 2. The molecule has 0 saturated carbocycles. The normalized spacial score (nSPS) is 32.7. The fourth-order valence-corrected chi connectivity index (χ4v) is 3.40. The molecule has 3 heterocycles. The second kappa shape index (κ2) is 4.89. The minimum absolute atomic E-state index is 0.129. The third-order valence-corrected chi connectivity index (χ3v) is 4.75. The zero-order valence-corrected chi connectivity index (χ0v) is 12.1. The van der Waals surface area contributed by atoms with Crippen LogP contribution in [0.4, 0.5) is 0 Å². The standard InChI is InChI=1S/C14H24N4O/c1-10-6-18-9-14(19)4-12(18)7-17(10)8-13-5-15-11(2)16(13)3/h5,10,12,14,19H,4,6-9H2,1-3H3/t10-,12?,14+/m0/s1. The van der Waals surface area contributed by atoms with Gasteiger partial charge in [-0.05, 0) is 20.3 Å². The fraction of sp³-hybridized carbons (Fsp3) is 0.786. The number of nitrogens with zero attached hydrogens (tertiary/aromatic N) is 4. The molecule has 1 aromatic rings. The van der Waals surface area contributed by atoms with E-state index in [0.29, 0.717) is 12.1 Å². The van der Waals surface area contributed by atoms with Crippen LogP contribution >= 0.6 is 0 Å². The second-order valence-electron chi connectivity index (χ2n) is 6.13. The Balaban J connectivity index is 1.70. The van der Waals surface area contributed by atoms with Crippen molar-refractivity contribution in [3.05, 3.63) is 17.7 Å². The number of imidazole rings is 1. The number of aliphatic hydroxyl groups excluding tert-OH is 1. The van der Waals surface area contributed by atoms with Crippen LogP contribution in [-0.4, -0.2) is 62.3 Å². The van der Waals surface area contributed by atoms with Gasteiger partial charge in [-0.25, -0.2) is 4.98 Å². The topological polar surface area (TPSA) is 44.5 Å². The Morgan fingerprint density at radius 2 is 2.16 bits per heavy atom. The molecule has 5 heteroatoms. The van der Waals surface area contributed by atoms with Gasteiger partial charge in [-0.3, -0.25) is 9.80 Å². The van der Waals surface area contributed by atoms with Gasteiger partial charge in [0.25, 0.3) is 0 Å². The maximum Gasteiger partial charge on any atom is 0.105 e. The molecule has 2 saturated heterocycles. The molecule has 0 aromatic carbocycles. The van der Waals surface area contributed by atoms with E-state index in [1.165, 1.54) is 5.69 Å². The van der Waals surface area contributed by atoms with E-state index >= 15 is 0 Å². The Labute approximate surface area is 114 Å². The van der Waals surface area contributed by atoms with Crippen LogP contribution in [0.5, 0.6) is 0 Å². The molecule has 0 spiro atoms. The molecular formula is C14H24N4O. The summed E-state index contributed by atoms with van der Waals surface area (Å²) in [5.41, 5.74) is 1.27. The van der Waals surface area contributed by atoms with Gasteiger partial charge in [0.2, 0.25) is 0 Å². The first-order valence-corrected chi connectivity index (χ1v) is 7.18. The fourth-order valence-electron chi connectivity index (χ4n) is 3.40. The molecule has 0 aliphatic carbocycles. The Kier molecular flexibility index (Phi) is 3.37. The van der Waals surface area contributed by atoms with Crippen LogP contribution in [0.3, 0.4) is 0 Å². The quantitative estimate of drug-likeness (QED) is 0.838. The van der Waals surface area contributed by atoms with Crippen LogP contribution in [0, 0.1) is 6.92 Å². The van der Waals surface area contributed by atoms with Gasteiger partial charge in [-0.1, -0.05) is 0 Å². The van der Waals surface area contributed by atoms with Gasteiger partial charge >= 0.3 is 0 Å². The highest BCUT2D eigenvalue weighted by Gasteiger charge is 2.38. The van der Waals surface area contributed by atoms with Crippen LogP contribution in [0.15, 0.2) is 6.20 Å². The van der Waals surface area contributed by atoms with Crippen LogP contribution in [0.25, 0.3) is 0 Å². The van der Waals surface area contributed by atoms with Crippen molar-refractivity contribution in [2.24, 2.45) is 7.05 Å². The zero-order valence-electron chi connectivity index (χ0n) is 12.1. The molecule has 1 unspecified atom stereocenters. The van der Waals surface area contributed by atoms with Gasteiger partial charge < -0.3 is 9.67 Å². The van der Waals surface area contributed by atoms with Gasteiger partial charge in [0.1, 0.15) is 5.82 Å². The first-order valence-electron chi connectivity index (χ1n) is 7.18. The van der Waals surface area contributed by atoms with E-state index in [1.54, 1.807) is 0 Å². The summed E-state index contributed by atoms with van der Waals surface area (Å²) >= 11 is 0. The van der Waals surface area contributed by atoms with Crippen molar-refractivity contribution in [2.45, 2.75) is 45.0 Å². The summed E-state index contributed by atoms with van der Waals surface area (Å²) in [5, 5.41) is 9.80. The monoisotopic (exact) mass is 264 g/mol. The smallest absolute Gasteiger partial charge is 0.105 e. The van der Waals surface area contributed by atoms with Crippen molar-refractivity contribution >= 4 is 0 Å². The third-order valence-electron chi connectivity index (χ3n) is 4.75. The molecule has 2 fully saturated rings. The van der Waals surface area contributed by atoms with Gasteiger partial charge in [0, 0.05) is 51.5 Å². The van der Waals surface area contributed by atoms with Crippen molar-refractivity contribution in [1.82, 2.24) is 19.4 Å². The first-order chi connectivity index (χ1) is 9.04. The summed E-state index contributed by atoms with van der Waals surface area (Å²) < 4.78 is 2.17. The average molecular weight is 264 g/mol. The Morgan fingerprint density at radius 3 is 2.84 bits per heavy atom. The number of hydrogen-bond donors (Lipinski definition) is 1. The molecule has 2 aliphatic rings. The lowest BCUT2D eigenvalue weighted by atomic mass is 10.1. The minimum atomic E-state index is -0.129. The van der Waals surface area contributed by atoms with Gasteiger partial charge in [-0.2, -0.15) is 0 Å². The molecule has 5 nitrogen and oxygen atoms in total. The Morgan fingerprint density at radius 1 is 1.37 bits per heavy atom. The van der Waals surface area contributed by atoms with E-state index in [9.17, 15) is 5.11 Å². The van der Waals surface area contributed by atoms with Crippen molar-refractivity contribution < 1.29 is 5.11 Å². The van der Waals surface area contributed by atoms with Crippen molar-refractivity contribution in [2.75, 3.05) is 19.6 Å². The number of hydrogen-bond acceptors (Lipinski definition) is 4. The molecule has 1 N–H and O–H groups in total. The first kappa shape index (κ1) is 13.1. The molecular weight excluding hydrogens is 240 g/mol. The van der Waals surface area contributed by atoms with Crippen molar-refractivity contribution in [3.63, 3.8) is 0 Å². The highest BCUT2D eigenvalue weighted by molar-refractivity contribution is 5.05. The molecule has 2 aliphatic heterocycles. The largest absolute Gasteiger partial charge is 0.392 e. The van der Waals surface area contributed by atoms with Crippen LogP contribution in [-0.2, 0) is 13.6 Å². The summed E-state index contributed by atoms with van der Waals surface area (Å²) in [6.45, 7) is 8.26.